The fourth-order valence-corrected chi connectivity index (χ4v) is 1.80. The van der Waals surface area contributed by atoms with Gasteiger partial charge in [0.2, 0.25) is 0 Å². The van der Waals surface area contributed by atoms with Gasteiger partial charge in [-0.05, 0) is 18.2 Å². The van der Waals surface area contributed by atoms with Crippen LogP contribution in [0.25, 0.3) is 11.0 Å². The fraction of sp³-hybridized carbons (Fsp3) is 0.100. The molecule has 18 heavy (non-hydrogen) atoms. The Morgan fingerprint density at radius 1 is 1.39 bits per heavy atom. The van der Waals surface area contributed by atoms with Crippen molar-refractivity contribution >= 4 is 27.4 Å². The van der Waals surface area contributed by atoms with Crippen molar-refractivity contribution < 1.29 is 30.4 Å². The molecule has 0 spiro atoms. The molecule has 96 valence electrons. The summed E-state index contributed by atoms with van der Waals surface area (Å²) in [4.78, 5) is 11.3. The van der Waals surface area contributed by atoms with E-state index < -0.39 is 16.5 Å². The zero-order chi connectivity index (χ0) is 13.3. The molecule has 8 heteroatoms. The Balaban J connectivity index is 2.62. The monoisotopic (exact) mass is 274 g/mol. The van der Waals surface area contributed by atoms with Crippen LogP contribution < -0.4 is 4.18 Å². The second-order valence-corrected chi connectivity index (χ2v) is 4.23. The first kappa shape index (κ1) is 12.4. The van der Waals surface area contributed by atoms with Crippen molar-refractivity contribution in [2.75, 3.05) is 7.11 Å². The molecule has 0 aliphatic heterocycles. The van der Waals surface area contributed by atoms with Gasteiger partial charge in [-0.25, -0.2) is 4.79 Å². The lowest BCUT2D eigenvalue weighted by molar-refractivity contribution is 0.0600. The van der Waals surface area contributed by atoms with Gasteiger partial charge in [0, 0.05) is 0 Å². The number of esters is 1. The summed E-state index contributed by atoms with van der Waals surface area (Å²) >= 11 is 0. The first-order valence-electron chi connectivity index (χ1n) is 4.64. The molecular weight excluding hydrogens is 267 g/mol. The average Bonchev–Trinajstić information content (AvgIpc) is 2.74. The van der Waals surface area contributed by atoms with E-state index in [1.54, 1.807) is 0 Å². The van der Waals surface area contributed by atoms with Crippen molar-refractivity contribution in [2.45, 2.75) is 0 Å². The summed E-state index contributed by atoms with van der Waals surface area (Å²) in [6.07, 6.45) is 1.25. The molecule has 0 aliphatic rings. The third kappa shape index (κ3) is 2.43. The highest BCUT2D eigenvalue weighted by atomic mass is 32.3. The van der Waals surface area contributed by atoms with Gasteiger partial charge < -0.3 is 13.3 Å². The highest BCUT2D eigenvalue weighted by Gasteiger charge is 2.18. The molecule has 0 saturated carbocycles. The Morgan fingerprint density at radius 2 is 2.11 bits per heavy atom. The molecule has 1 heterocycles. The standard InChI is InChI=1S/C10H7FO6S/c1-15-10(12)6-4-8-7(2-3-16-8)9(5-6)17-18(11,13)14/h2-5H,1H3. The topological polar surface area (TPSA) is 82.8 Å². The number of carbonyl (C=O) groups is 1. The number of benzene rings is 1. The van der Waals surface area contributed by atoms with Crippen LogP contribution in [0.15, 0.2) is 28.9 Å². The van der Waals surface area contributed by atoms with Crippen LogP contribution >= 0.6 is 0 Å². The number of hydrogen-bond donors (Lipinski definition) is 0. The predicted molar refractivity (Wildman–Crippen MR) is 58.2 cm³/mol. The van der Waals surface area contributed by atoms with Crippen LogP contribution in [0.2, 0.25) is 0 Å². The molecule has 0 aliphatic carbocycles. The second kappa shape index (κ2) is 4.30. The number of furan rings is 1. The molecular formula is C10H7FO6S. The number of carbonyl (C=O) groups excluding carboxylic acids is 1. The van der Waals surface area contributed by atoms with Crippen molar-refractivity contribution in [3.05, 3.63) is 30.0 Å². The van der Waals surface area contributed by atoms with Crippen molar-refractivity contribution in [1.82, 2.24) is 0 Å². The highest BCUT2D eigenvalue weighted by Crippen LogP contribution is 2.30. The summed E-state index contributed by atoms with van der Waals surface area (Å²) in [6.45, 7) is 0. The Kier molecular flexibility index (Phi) is 2.95. The van der Waals surface area contributed by atoms with Crippen LogP contribution in [0.5, 0.6) is 5.75 Å². The van der Waals surface area contributed by atoms with Crippen LogP contribution in [-0.4, -0.2) is 21.5 Å². The van der Waals surface area contributed by atoms with Crippen LogP contribution in [0.1, 0.15) is 10.4 Å². The summed E-state index contributed by atoms with van der Waals surface area (Å²) in [5.74, 6) is -1.07. The quantitative estimate of drug-likeness (QED) is 0.627. The second-order valence-electron chi connectivity index (χ2n) is 3.27. The van der Waals surface area contributed by atoms with Gasteiger partial charge in [0.05, 0.1) is 24.3 Å². The first-order chi connectivity index (χ1) is 8.40. The maximum atomic E-state index is 12.5. The third-order valence-corrected chi connectivity index (χ3v) is 2.52. The maximum Gasteiger partial charge on any atom is 0.488 e. The summed E-state index contributed by atoms with van der Waals surface area (Å²) in [5, 5.41) is 0.226. The van der Waals surface area contributed by atoms with Gasteiger partial charge in [0.1, 0.15) is 5.58 Å². The van der Waals surface area contributed by atoms with Crippen molar-refractivity contribution in [1.29, 1.82) is 0 Å². The van der Waals surface area contributed by atoms with Crippen LogP contribution in [0.3, 0.4) is 0 Å². The van der Waals surface area contributed by atoms with Gasteiger partial charge in [0.25, 0.3) is 0 Å². The Hall–Kier alpha value is -2.09. The molecule has 2 rings (SSSR count). The molecule has 6 nitrogen and oxygen atoms in total. The Labute approximate surface area is 101 Å². The molecule has 0 amide bonds. The SMILES string of the molecule is COC(=O)c1cc(OS(=O)(=O)F)c2ccoc2c1. The summed E-state index contributed by atoms with van der Waals surface area (Å²) in [6, 6.07) is 3.77. The van der Waals surface area contributed by atoms with Crippen molar-refractivity contribution in [3.8, 4) is 5.75 Å². The lowest BCUT2D eigenvalue weighted by Gasteiger charge is -2.04. The van der Waals surface area contributed by atoms with E-state index in [4.69, 9.17) is 4.42 Å². The molecule has 0 saturated heterocycles. The van der Waals surface area contributed by atoms with E-state index in [0.717, 1.165) is 13.2 Å². The minimum Gasteiger partial charge on any atom is -0.465 e. The lowest BCUT2D eigenvalue weighted by atomic mass is 10.1. The number of ether oxygens (including phenoxy) is 1. The molecule has 2 aromatic rings. The molecule has 0 unspecified atom stereocenters. The molecule has 0 atom stereocenters. The van der Waals surface area contributed by atoms with Gasteiger partial charge in [0.15, 0.2) is 5.75 Å². The molecule has 0 N–H and O–H groups in total. The largest absolute Gasteiger partial charge is 0.488 e. The minimum absolute atomic E-state index is 0.0152. The van der Waals surface area contributed by atoms with E-state index in [1.165, 1.54) is 18.4 Å². The van der Waals surface area contributed by atoms with Crippen molar-refractivity contribution in [3.63, 3.8) is 0 Å². The molecule has 0 radical (unpaired) electrons. The smallest absolute Gasteiger partial charge is 0.465 e. The lowest BCUT2D eigenvalue weighted by Crippen LogP contribution is -2.05. The third-order valence-electron chi connectivity index (χ3n) is 2.14. The van der Waals surface area contributed by atoms with Gasteiger partial charge >= 0.3 is 16.5 Å². The van der Waals surface area contributed by atoms with E-state index in [1.807, 2.05) is 0 Å². The van der Waals surface area contributed by atoms with E-state index in [2.05, 4.69) is 8.92 Å². The minimum atomic E-state index is -5.19. The number of methoxy groups -OCH3 is 1. The maximum absolute atomic E-state index is 12.5. The molecule has 1 aromatic heterocycles. The normalized spacial score (nSPS) is 11.4. The van der Waals surface area contributed by atoms with Crippen LogP contribution in [-0.2, 0) is 15.2 Å². The number of hydrogen-bond acceptors (Lipinski definition) is 6. The van der Waals surface area contributed by atoms with Gasteiger partial charge in [-0.1, -0.05) is 3.89 Å². The van der Waals surface area contributed by atoms with Crippen LogP contribution in [0.4, 0.5) is 3.89 Å². The fourth-order valence-electron chi connectivity index (χ4n) is 1.45. The zero-order valence-electron chi connectivity index (χ0n) is 9.05. The molecule has 1 aromatic carbocycles. The number of halogens is 1. The first-order valence-corrected chi connectivity index (χ1v) is 5.95. The van der Waals surface area contributed by atoms with Crippen molar-refractivity contribution in [2.24, 2.45) is 0 Å². The molecule has 0 fully saturated rings. The van der Waals surface area contributed by atoms with E-state index in [0.29, 0.717) is 0 Å². The van der Waals surface area contributed by atoms with E-state index in [-0.39, 0.29) is 22.3 Å². The summed E-state index contributed by atoms with van der Waals surface area (Å²) in [5.41, 5.74) is 0.162. The number of fused-ring (bicyclic) bond motifs is 1. The van der Waals surface area contributed by atoms with Crippen LogP contribution in [0, 0.1) is 0 Å². The van der Waals surface area contributed by atoms with Gasteiger partial charge in [-0.2, -0.15) is 8.42 Å². The highest BCUT2D eigenvalue weighted by molar-refractivity contribution is 7.81. The summed E-state index contributed by atoms with van der Waals surface area (Å²) < 4.78 is 47.1. The number of rotatable bonds is 3. The van der Waals surface area contributed by atoms with Gasteiger partial charge in [-0.3, -0.25) is 0 Å². The Morgan fingerprint density at radius 3 is 2.72 bits per heavy atom. The van der Waals surface area contributed by atoms with Gasteiger partial charge in [-0.15, -0.1) is 0 Å². The predicted octanol–water partition coefficient (Wildman–Crippen LogP) is 1.81. The van der Waals surface area contributed by atoms with E-state index >= 15 is 0 Å². The van der Waals surface area contributed by atoms with E-state index in [9.17, 15) is 17.1 Å². The summed E-state index contributed by atoms with van der Waals surface area (Å²) in [7, 11) is -4.04. The zero-order valence-corrected chi connectivity index (χ0v) is 9.86. The average molecular weight is 274 g/mol. The molecule has 0 bridgehead atoms. The Bertz CT molecular complexity index is 702.